The SMILES string of the molecule is [2H]c1c([2H])c([2H])c2c(oc3c([2H])c([2H])c([2H])c(-c4nc(-c5c([2H])c6c([2H])c([2H])c([2H])c([2H])c6c6sc7c([2H])c([2H])c([2H])c([2H])c7c56)nc(-c5c([2H])c6c([2H])c([2H])c([2H])c([2H])c6c6sc7c([2H])c([2H])c([2H])c([2H])c7c56)n4)c32)c1[2H]. The molecule has 4 aromatic heterocycles. The van der Waals surface area contributed by atoms with Gasteiger partial charge in [0.1, 0.15) is 11.2 Å². The molecule has 4 heterocycles. The molecule has 0 spiro atoms. The summed E-state index contributed by atoms with van der Waals surface area (Å²) in [6.07, 6.45) is 0. The summed E-state index contributed by atoms with van der Waals surface area (Å²) >= 11 is 1.40. The highest BCUT2D eigenvalue weighted by molar-refractivity contribution is 7.27. The van der Waals surface area contributed by atoms with Gasteiger partial charge in [-0.1, -0.05) is 115 Å². The largest absolute Gasteiger partial charge is 0.456 e. The van der Waals surface area contributed by atoms with Crippen molar-refractivity contribution in [2.24, 2.45) is 0 Å². The molecular formula is C47H25N3OS2. The van der Waals surface area contributed by atoms with E-state index >= 15 is 0 Å². The molecular weight excluding hydrogens is 687 g/mol. The third-order valence-corrected chi connectivity index (χ3v) is 11.0. The quantitative estimate of drug-likeness (QED) is 0.181. The summed E-state index contributed by atoms with van der Waals surface area (Å²) in [5.74, 6) is -2.15. The zero-order chi connectivity index (χ0) is 56.4. The van der Waals surface area contributed by atoms with Gasteiger partial charge in [-0.3, -0.25) is 0 Å². The van der Waals surface area contributed by atoms with Crippen LogP contribution in [0.25, 0.3) is 118 Å². The summed E-state index contributed by atoms with van der Waals surface area (Å²) in [5, 5.41) is -3.31. The van der Waals surface area contributed by atoms with Gasteiger partial charge >= 0.3 is 0 Å². The first-order valence-corrected chi connectivity index (χ1v) is 17.2. The zero-order valence-corrected chi connectivity index (χ0v) is 27.7. The van der Waals surface area contributed by atoms with Crippen molar-refractivity contribution in [3.05, 3.63) is 151 Å². The Balaban J connectivity index is 1.40. The lowest BCUT2D eigenvalue weighted by atomic mass is 9.98. The number of rotatable bonds is 3. The summed E-state index contributed by atoms with van der Waals surface area (Å²) < 4.78 is 230. The molecule has 0 unspecified atom stereocenters. The Bertz CT molecular complexity index is 4710. The number of hydrogen-bond acceptors (Lipinski definition) is 6. The number of para-hydroxylation sites is 1. The zero-order valence-electron chi connectivity index (χ0n) is 51.1. The van der Waals surface area contributed by atoms with E-state index in [0.717, 1.165) is 0 Å². The van der Waals surface area contributed by atoms with Gasteiger partial charge in [0.2, 0.25) is 0 Å². The van der Waals surface area contributed by atoms with Crippen molar-refractivity contribution in [2.45, 2.75) is 0 Å². The molecule has 12 rings (SSSR count). The first-order chi connectivity index (χ1) is 36.7. The van der Waals surface area contributed by atoms with E-state index in [2.05, 4.69) is 0 Å². The molecule has 6 heteroatoms. The minimum Gasteiger partial charge on any atom is -0.456 e. The molecule has 4 nitrogen and oxygen atoms in total. The van der Waals surface area contributed by atoms with E-state index in [-0.39, 0.29) is 51.1 Å². The predicted molar refractivity (Wildman–Crippen MR) is 224 cm³/mol. The Hall–Kier alpha value is -6.47. The lowest BCUT2D eigenvalue weighted by Gasteiger charge is -2.13. The van der Waals surface area contributed by atoms with E-state index in [1.54, 1.807) is 0 Å². The van der Waals surface area contributed by atoms with Crippen LogP contribution in [0.1, 0.15) is 34.3 Å². The maximum absolute atomic E-state index is 9.99. The predicted octanol–water partition coefficient (Wildman–Crippen LogP) is 13.8. The highest BCUT2D eigenvalue weighted by Gasteiger charge is 2.23. The van der Waals surface area contributed by atoms with Crippen molar-refractivity contribution in [1.29, 1.82) is 0 Å². The fourth-order valence-corrected chi connectivity index (χ4v) is 8.82. The molecule has 0 saturated heterocycles. The standard InChI is InChI=1S/C47H25N3OS2/c1-3-14-28-26(12-1)24-34(41-31-17-6-9-22-38(31)52-43(28)41)46-48-45(33-19-11-21-37-40(33)30-16-5-8-20-36(30)51-37)49-47(50-46)35-25-27-13-2-4-15-29(27)44-42(35)32-18-7-10-23-39(32)53-44/h1-25H/i1D,2D,3D,4D,5D,6D,7D,8D,9D,10D,11D,12D,13D,14D,15D,16D,17D,18D,19D,20D,21D,22D,23D,24D,25D. The number of furan rings is 1. The van der Waals surface area contributed by atoms with Gasteiger partial charge in [0, 0.05) is 67.8 Å². The summed E-state index contributed by atoms with van der Waals surface area (Å²) in [7, 11) is 0. The molecule has 0 aliphatic heterocycles. The van der Waals surface area contributed by atoms with Crippen LogP contribution in [0, 0.1) is 0 Å². The number of thiophene rings is 2. The van der Waals surface area contributed by atoms with Gasteiger partial charge in [-0.05, 0) is 57.8 Å². The smallest absolute Gasteiger partial charge is 0.164 e. The van der Waals surface area contributed by atoms with Gasteiger partial charge in [-0.25, -0.2) is 15.0 Å². The van der Waals surface area contributed by atoms with Crippen molar-refractivity contribution < 1.29 is 38.7 Å². The Morgan fingerprint density at radius 1 is 0.396 bits per heavy atom. The summed E-state index contributed by atoms with van der Waals surface area (Å²) in [6.45, 7) is 0. The number of nitrogens with zero attached hydrogens (tertiary/aromatic N) is 3. The van der Waals surface area contributed by atoms with Crippen molar-refractivity contribution in [2.75, 3.05) is 0 Å². The maximum Gasteiger partial charge on any atom is 0.164 e. The van der Waals surface area contributed by atoms with Crippen LogP contribution in [-0.2, 0) is 0 Å². The molecule has 0 saturated carbocycles. The molecule has 12 aromatic rings. The third-order valence-electron chi connectivity index (χ3n) is 8.75. The van der Waals surface area contributed by atoms with E-state index in [9.17, 15) is 6.85 Å². The van der Waals surface area contributed by atoms with E-state index < -0.39 is 218 Å². The van der Waals surface area contributed by atoms with Crippen LogP contribution >= 0.6 is 22.7 Å². The molecule has 0 radical (unpaired) electrons. The molecule has 246 valence electrons. The lowest BCUT2D eigenvalue weighted by molar-refractivity contribution is 0.669. The molecule has 0 fully saturated rings. The second kappa shape index (κ2) is 11.0. The molecule has 0 amide bonds. The number of benzene rings is 8. The minimum atomic E-state index is -0.858. The molecule has 53 heavy (non-hydrogen) atoms. The fraction of sp³-hybridized carbons (Fsp3) is 0. The van der Waals surface area contributed by atoms with Crippen LogP contribution < -0.4 is 0 Å². The van der Waals surface area contributed by atoms with Crippen molar-refractivity contribution in [3.63, 3.8) is 0 Å². The average Bonchev–Trinajstić information content (AvgIpc) is 4.34. The van der Waals surface area contributed by atoms with Crippen LogP contribution in [0.5, 0.6) is 0 Å². The Morgan fingerprint density at radius 3 is 1.43 bits per heavy atom. The summed E-state index contributed by atoms with van der Waals surface area (Å²) in [4.78, 5) is 14.3. The number of aromatic nitrogens is 3. The fourth-order valence-electron chi connectivity index (χ4n) is 6.57. The van der Waals surface area contributed by atoms with E-state index in [4.69, 9.17) is 46.8 Å². The highest BCUT2D eigenvalue weighted by atomic mass is 32.1. The Kier molecular flexibility index (Phi) is 2.94. The van der Waals surface area contributed by atoms with Gasteiger partial charge < -0.3 is 4.42 Å². The minimum absolute atomic E-state index is 0.106. The van der Waals surface area contributed by atoms with E-state index in [0.29, 0.717) is 22.7 Å². The second-order valence-electron chi connectivity index (χ2n) is 11.6. The van der Waals surface area contributed by atoms with Crippen LogP contribution in [0.3, 0.4) is 0 Å². The van der Waals surface area contributed by atoms with E-state index in [1.165, 1.54) is 0 Å². The normalized spacial score (nSPS) is 18.8. The topological polar surface area (TPSA) is 51.8 Å². The molecule has 0 bridgehead atoms. The molecule has 0 aliphatic rings. The Labute approximate surface area is 345 Å². The van der Waals surface area contributed by atoms with Gasteiger partial charge in [-0.15, -0.1) is 22.7 Å². The Morgan fingerprint density at radius 2 is 0.849 bits per heavy atom. The average molecular weight is 737 g/mol. The summed E-state index contributed by atoms with van der Waals surface area (Å²) in [6, 6.07) is -18.1. The second-order valence-corrected chi connectivity index (χ2v) is 13.6. The van der Waals surface area contributed by atoms with Crippen LogP contribution in [-0.4, -0.2) is 15.0 Å². The first kappa shape index (κ1) is 14.2. The van der Waals surface area contributed by atoms with Crippen LogP contribution in [0.15, 0.2) is 155 Å². The lowest BCUT2D eigenvalue weighted by Crippen LogP contribution is -2.01. The van der Waals surface area contributed by atoms with Gasteiger partial charge in [0.05, 0.1) is 34.3 Å². The number of hydrogen-bond donors (Lipinski definition) is 0. The van der Waals surface area contributed by atoms with Gasteiger partial charge in [-0.2, -0.15) is 0 Å². The molecule has 0 N–H and O–H groups in total. The highest BCUT2D eigenvalue weighted by Crippen LogP contribution is 2.47. The van der Waals surface area contributed by atoms with Crippen molar-refractivity contribution >= 4 is 107 Å². The summed E-state index contributed by atoms with van der Waals surface area (Å²) in [5.41, 5.74) is -2.65. The van der Waals surface area contributed by atoms with Gasteiger partial charge in [0.25, 0.3) is 0 Å². The molecule has 8 aromatic carbocycles. The molecule has 0 aliphatic carbocycles. The van der Waals surface area contributed by atoms with E-state index in [1.807, 2.05) is 0 Å². The van der Waals surface area contributed by atoms with Crippen molar-refractivity contribution in [3.8, 4) is 34.2 Å². The maximum atomic E-state index is 9.99. The van der Waals surface area contributed by atoms with Crippen LogP contribution in [0.4, 0.5) is 0 Å². The number of fused-ring (bicyclic) bond motifs is 13. The van der Waals surface area contributed by atoms with Crippen LogP contribution in [0.2, 0.25) is 0 Å². The monoisotopic (exact) mass is 736 g/mol. The third kappa shape index (κ3) is 4.25. The first-order valence-electron chi connectivity index (χ1n) is 28.1. The van der Waals surface area contributed by atoms with Gasteiger partial charge in [0.15, 0.2) is 17.5 Å². The molecule has 0 atom stereocenters. The van der Waals surface area contributed by atoms with Crippen molar-refractivity contribution in [1.82, 2.24) is 15.0 Å².